The van der Waals surface area contributed by atoms with Crippen LogP contribution in [0.25, 0.3) is 0 Å². The van der Waals surface area contributed by atoms with Gasteiger partial charge in [-0.15, -0.1) is 0 Å². The SMILES string of the molecule is O=C(Oc1ccc([N+](=O)[O-])cc1)OC1C2COC3OCC4(CC14)C32. The second-order valence-corrected chi connectivity index (χ2v) is 6.93. The van der Waals surface area contributed by atoms with Crippen LogP contribution < -0.4 is 4.74 Å². The van der Waals surface area contributed by atoms with E-state index >= 15 is 0 Å². The average Bonchev–Trinajstić information content (AvgIpc) is 2.86. The minimum atomic E-state index is -0.778. The maximum Gasteiger partial charge on any atom is 0.514 e. The second-order valence-electron chi connectivity index (χ2n) is 6.93. The first kappa shape index (κ1) is 14.2. The zero-order valence-electron chi connectivity index (χ0n) is 12.6. The van der Waals surface area contributed by atoms with Crippen molar-refractivity contribution < 1.29 is 28.7 Å². The maximum absolute atomic E-state index is 12.1. The summed E-state index contributed by atoms with van der Waals surface area (Å²) in [5.41, 5.74) is 0.0674. The number of carbonyl (C=O) groups excluding carboxylic acids is 1. The molecule has 2 aliphatic heterocycles. The summed E-state index contributed by atoms with van der Waals surface area (Å²) in [6, 6.07) is 5.32. The molecule has 1 spiro atoms. The largest absolute Gasteiger partial charge is 0.514 e. The Kier molecular flexibility index (Phi) is 2.76. The van der Waals surface area contributed by atoms with Crippen molar-refractivity contribution in [3.63, 3.8) is 0 Å². The van der Waals surface area contributed by atoms with Gasteiger partial charge in [0.05, 0.1) is 18.1 Å². The number of carbonyl (C=O) groups is 1. The number of nitro groups is 1. The topological polar surface area (TPSA) is 97.1 Å². The lowest BCUT2D eigenvalue weighted by Crippen LogP contribution is -2.30. The van der Waals surface area contributed by atoms with Gasteiger partial charge in [-0.05, 0) is 18.6 Å². The zero-order chi connectivity index (χ0) is 16.5. The summed E-state index contributed by atoms with van der Waals surface area (Å²) in [6.07, 6.45) is -0.127. The van der Waals surface area contributed by atoms with Gasteiger partial charge in [-0.25, -0.2) is 4.79 Å². The van der Waals surface area contributed by atoms with E-state index in [1.807, 2.05) is 0 Å². The van der Waals surface area contributed by atoms with Crippen LogP contribution in [0.5, 0.6) is 5.75 Å². The molecule has 1 aromatic carbocycles. The number of nitrogens with zero attached hydrogens (tertiary/aromatic N) is 1. The Morgan fingerprint density at radius 2 is 2.08 bits per heavy atom. The lowest BCUT2D eigenvalue weighted by molar-refractivity contribution is -0.384. The molecule has 24 heavy (non-hydrogen) atoms. The normalized spacial score (nSPS) is 40.8. The van der Waals surface area contributed by atoms with Gasteiger partial charge in [0.15, 0.2) is 6.29 Å². The van der Waals surface area contributed by atoms with Crippen LogP contribution in [0.4, 0.5) is 10.5 Å². The monoisotopic (exact) mass is 333 g/mol. The standard InChI is InChI=1S/C16H15NO7/c18-15(23-9-3-1-8(2-4-9)17(19)20)24-13-10-6-21-14-12(10)16(7-22-14)5-11(13)16/h1-4,10-14H,5-7H2. The summed E-state index contributed by atoms with van der Waals surface area (Å²) in [4.78, 5) is 22.2. The van der Waals surface area contributed by atoms with Gasteiger partial charge in [-0.1, -0.05) is 0 Å². The number of ether oxygens (including phenoxy) is 4. The van der Waals surface area contributed by atoms with Crippen molar-refractivity contribution in [2.24, 2.45) is 23.2 Å². The van der Waals surface area contributed by atoms with Gasteiger partial charge in [0.25, 0.3) is 5.69 Å². The summed E-state index contributed by atoms with van der Waals surface area (Å²) in [6.45, 7) is 1.23. The maximum atomic E-state index is 12.1. The number of non-ortho nitro benzene ring substituents is 1. The number of hydrogen-bond donors (Lipinski definition) is 0. The Morgan fingerprint density at radius 3 is 2.83 bits per heavy atom. The number of rotatable bonds is 3. The molecule has 1 aromatic rings. The van der Waals surface area contributed by atoms with Gasteiger partial charge in [0.1, 0.15) is 11.9 Å². The molecule has 6 atom stereocenters. The van der Waals surface area contributed by atoms with Gasteiger partial charge >= 0.3 is 6.16 Å². The third-order valence-electron chi connectivity index (χ3n) is 5.87. The van der Waals surface area contributed by atoms with Crippen LogP contribution in [0.2, 0.25) is 0 Å². The average molecular weight is 333 g/mol. The first-order valence-corrected chi connectivity index (χ1v) is 7.95. The van der Waals surface area contributed by atoms with Gasteiger partial charge in [-0.3, -0.25) is 10.1 Å². The van der Waals surface area contributed by atoms with Crippen LogP contribution >= 0.6 is 0 Å². The van der Waals surface area contributed by atoms with E-state index in [4.69, 9.17) is 18.9 Å². The van der Waals surface area contributed by atoms with E-state index in [2.05, 4.69) is 0 Å². The number of hydrogen-bond acceptors (Lipinski definition) is 7. The van der Waals surface area contributed by atoms with Crippen molar-refractivity contribution in [1.29, 1.82) is 0 Å². The zero-order valence-corrected chi connectivity index (χ0v) is 12.6. The lowest BCUT2D eigenvalue weighted by atomic mass is 9.87. The number of nitro benzene ring substituents is 1. The number of benzene rings is 1. The van der Waals surface area contributed by atoms with Crippen molar-refractivity contribution >= 4 is 11.8 Å². The molecule has 0 N–H and O–H groups in total. The van der Waals surface area contributed by atoms with Crippen molar-refractivity contribution in [2.45, 2.75) is 18.8 Å². The molecule has 0 radical (unpaired) electrons. The molecule has 2 saturated heterocycles. The summed E-state index contributed by atoms with van der Waals surface area (Å²) >= 11 is 0. The van der Waals surface area contributed by atoms with Crippen LogP contribution in [-0.4, -0.2) is 36.7 Å². The molecule has 2 heterocycles. The summed E-state index contributed by atoms with van der Waals surface area (Å²) in [5, 5.41) is 10.6. The first-order valence-electron chi connectivity index (χ1n) is 7.95. The molecule has 2 saturated carbocycles. The van der Waals surface area contributed by atoms with Gasteiger partial charge in [-0.2, -0.15) is 0 Å². The van der Waals surface area contributed by atoms with Crippen LogP contribution in [0.15, 0.2) is 24.3 Å². The molecule has 0 amide bonds. The molecular weight excluding hydrogens is 318 g/mol. The minimum Gasteiger partial charge on any atom is -0.430 e. The van der Waals surface area contributed by atoms with Crippen molar-refractivity contribution in [3.8, 4) is 5.75 Å². The van der Waals surface area contributed by atoms with Gasteiger partial charge in [0, 0.05) is 35.3 Å². The van der Waals surface area contributed by atoms with Crippen LogP contribution in [0.3, 0.4) is 0 Å². The third kappa shape index (κ3) is 1.83. The molecule has 4 fully saturated rings. The fraction of sp³-hybridized carbons (Fsp3) is 0.562. The quantitative estimate of drug-likeness (QED) is 0.362. The van der Waals surface area contributed by atoms with Crippen molar-refractivity contribution in [1.82, 2.24) is 0 Å². The molecule has 5 rings (SSSR count). The third-order valence-corrected chi connectivity index (χ3v) is 5.87. The fourth-order valence-electron chi connectivity index (χ4n) is 4.78. The second kappa shape index (κ2) is 4.67. The highest BCUT2D eigenvalue weighted by atomic mass is 16.7. The summed E-state index contributed by atoms with van der Waals surface area (Å²) < 4.78 is 22.1. The Labute approximate surface area is 136 Å². The summed E-state index contributed by atoms with van der Waals surface area (Å²) in [7, 11) is 0. The smallest absolute Gasteiger partial charge is 0.430 e. The molecular formula is C16H15NO7. The van der Waals surface area contributed by atoms with Crippen LogP contribution in [-0.2, 0) is 14.2 Å². The molecule has 0 bridgehead atoms. The van der Waals surface area contributed by atoms with Crippen molar-refractivity contribution in [2.75, 3.05) is 13.2 Å². The van der Waals surface area contributed by atoms with E-state index < -0.39 is 11.1 Å². The summed E-state index contributed by atoms with van der Waals surface area (Å²) in [5.74, 6) is 1.03. The van der Waals surface area contributed by atoms with Gasteiger partial charge in [0.2, 0.25) is 0 Å². The Hall–Kier alpha value is -2.19. The highest BCUT2D eigenvalue weighted by molar-refractivity contribution is 5.64. The molecule has 8 heteroatoms. The Bertz CT molecular complexity index is 720. The highest BCUT2D eigenvalue weighted by Crippen LogP contribution is 2.74. The van der Waals surface area contributed by atoms with E-state index in [9.17, 15) is 14.9 Å². The van der Waals surface area contributed by atoms with E-state index in [0.29, 0.717) is 25.0 Å². The first-order chi connectivity index (χ1) is 11.6. The minimum absolute atomic E-state index is 0.0617. The fourth-order valence-corrected chi connectivity index (χ4v) is 4.78. The Balaban J connectivity index is 1.26. The lowest BCUT2D eigenvalue weighted by Gasteiger charge is -2.21. The van der Waals surface area contributed by atoms with Crippen LogP contribution in [0, 0.1) is 33.3 Å². The van der Waals surface area contributed by atoms with Crippen molar-refractivity contribution in [3.05, 3.63) is 34.4 Å². The molecule has 2 aliphatic carbocycles. The van der Waals surface area contributed by atoms with Crippen LogP contribution in [0.1, 0.15) is 6.42 Å². The van der Waals surface area contributed by atoms with E-state index in [-0.39, 0.29) is 35.2 Å². The van der Waals surface area contributed by atoms with E-state index in [1.54, 1.807) is 0 Å². The van der Waals surface area contributed by atoms with E-state index in [1.165, 1.54) is 24.3 Å². The molecule has 4 aliphatic rings. The Morgan fingerprint density at radius 1 is 1.29 bits per heavy atom. The predicted molar refractivity (Wildman–Crippen MR) is 77.2 cm³/mol. The molecule has 8 nitrogen and oxygen atoms in total. The molecule has 6 unspecified atom stereocenters. The molecule has 126 valence electrons. The van der Waals surface area contributed by atoms with Gasteiger partial charge < -0.3 is 18.9 Å². The highest BCUT2D eigenvalue weighted by Gasteiger charge is 2.78. The molecule has 0 aromatic heterocycles. The predicted octanol–water partition coefficient (Wildman–Crippen LogP) is 2.12. The van der Waals surface area contributed by atoms with E-state index in [0.717, 1.165) is 6.42 Å².